The SMILES string of the molecule is COc1cc2c(c(OC)c1)C(C(=O)O)N(C(=O)OCc1ccccc1)CC2. The van der Waals surface area contributed by atoms with Crippen molar-refractivity contribution in [3.63, 3.8) is 0 Å². The van der Waals surface area contributed by atoms with Gasteiger partial charge in [0.1, 0.15) is 18.1 Å². The van der Waals surface area contributed by atoms with E-state index in [2.05, 4.69) is 0 Å². The highest BCUT2D eigenvalue weighted by Crippen LogP contribution is 2.40. The minimum atomic E-state index is -1.18. The number of carboxylic acids is 1. The Balaban J connectivity index is 1.87. The summed E-state index contributed by atoms with van der Waals surface area (Å²) >= 11 is 0. The first kappa shape index (κ1) is 18.6. The van der Waals surface area contributed by atoms with Gasteiger partial charge in [-0.3, -0.25) is 4.90 Å². The molecule has 1 atom stereocenters. The zero-order chi connectivity index (χ0) is 19.4. The zero-order valence-corrected chi connectivity index (χ0v) is 15.2. The summed E-state index contributed by atoms with van der Waals surface area (Å²) in [5.41, 5.74) is 2.07. The van der Waals surface area contributed by atoms with Crippen molar-refractivity contribution in [2.75, 3.05) is 20.8 Å². The molecule has 7 nitrogen and oxygen atoms in total. The molecule has 1 aliphatic heterocycles. The Hall–Kier alpha value is -3.22. The molecule has 0 fully saturated rings. The summed E-state index contributed by atoms with van der Waals surface area (Å²) in [5.74, 6) is -0.191. The van der Waals surface area contributed by atoms with Crippen LogP contribution in [0.3, 0.4) is 0 Å². The van der Waals surface area contributed by atoms with Crippen molar-refractivity contribution in [1.29, 1.82) is 0 Å². The second-order valence-electron chi connectivity index (χ2n) is 6.13. The molecule has 0 saturated carbocycles. The van der Waals surface area contributed by atoms with Crippen LogP contribution in [0.5, 0.6) is 11.5 Å². The third-order valence-electron chi connectivity index (χ3n) is 4.54. The standard InChI is InChI=1S/C20H21NO6/c1-25-15-10-14-8-9-21(18(19(22)23)17(14)16(11-15)26-2)20(24)27-12-13-6-4-3-5-7-13/h3-7,10-11,18H,8-9,12H2,1-2H3,(H,22,23). The predicted molar refractivity (Wildman–Crippen MR) is 97.0 cm³/mol. The fourth-order valence-corrected chi connectivity index (χ4v) is 3.24. The first-order valence-corrected chi connectivity index (χ1v) is 8.50. The van der Waals surface area contributed by atoms with Crippen molar-refractivity contribution in [2.45, 2.75) is 19.1 Å². The Labute approximate surface area is 157 Å². The maximum atomic E-state index is 12.6. The smallest absolute Gasteiger partial charge is 0.411 e. The first-order chi connectivity index (χ1) is 13.0. The number of ether oxygens (including phenoxy) is 3. The minimum Gasteiger partial charge on any atom is -0.497 e. The van der Waals surface area contributed by atoms with E-state index in [4.69, 9.17) is 14.2 Å². The van der Waals surface area contributed by atoms with Crippen LogP contribution < -0.4 is 9.47 Å². The third kappa shape index (κ3) is 3.81. The van der Waals surface area contributed by atoms with Crippen molar-refractivity contribution < 1.29 is 28.9 Å². The lowest BCUT2D eigenvalue weighted by atomic mass is 9.91. The molecule has 2 aromatic rings. The number of carbonyl (C=O) groups excluding carboxylic acids is 1. The van der Waals surface area contributed by atoms with E-state index in [-0.39, 0.29) is 13.2 Å². The highest BCUT2D eigenvalue weighted by atomic mass is 16.6. The van der Waals surface area contributed by atoms with E-state index in [1.165, 1.54) is 19.1 Å². The van der Waals surface area contributed by atoms with Crippen LogP contribution in [0.2, 0.25) is 0 Å². The van der Waals surface area contributed by atoms with Gasteiger partial charge < -0.3 is 19.3 Å². The van der Waals surface area contributed by atoms with Crippen molar-refractivity contribution in [3.8, 4) is 11.5 Å². The predicted octanol–water partition coefficient (Wildman–Crippen LogP) is 3.02. The lowest BCUT2D eigenvalue weighted by Crippen LogP contribution is -2.44. The van der Waals surface area contributed by atoms with Gasteiger partial charge in [-0.25, -0.2) is 9.59 Å². The van der Waals surface area contributed by atoms with Crippen LogP contribution >= 0.6 is 0 Å². The molecule has 0 bridgehead atoms. The maximum absolute atomic E-state index is 12.6. The molecule has 0 spiro atoms. The number of aliphatic carboxylic acids is 1. The largest absolute Gasteiger partial charge is 0.497 e. The molecule has 7 heteroatoms. The van der Waals surface area contributed by atoms with Crippen molar-refractivity contribution >= 4 is 12.1 Å². The van der Waals surface area contributed by atoms with E-state index in [1.807, 2.05) is 30.3 Å². The third-order valence-corrected chi connectivity index (χ3v) is 4.54. The number of amides is 1. The molecule has 27 heavy (non-hydrogen) atoms. The van der Waals surface area contributed by atoms with Crippen LogP contribution in [0.25, 0.3) is 0 Å². The zero-order valence-electron chi connectivity index (χ0n) is 15.2. The monoisotopic (exact) mass is 371 g/mol. The summed E-state index contributed by atoms with van der Waals surface area (Å²) < 4.78 is 16.0. The molecule has 1 aliphatic rings. The molecule has 1 N–H and O–H groups in total. The Morgan fingerprint density at radius 1 is 1.15 bits per heavy atom. The van der Waals surface area contributed by atoms with Crippen LogP contribution in [-0.4, -0.2) is 42.8 Å². The van der Waals surface area contributed by atoms with Gasteiger partial charge in [-0.15, -0.1) is 0 Å². The summed E-state index contributed by atoms with van der Waals surface area (Å²) in [5, 5.41) is 9.80. The average molecular weight is 371 g/mol. The highest BCUT2D eigenvalue weighted by Gasteiger charge is 2.39. The Morgan fingerprint density at radius 3 is 2.52 bits per heavy atom. The van der Waals surface area contributed by atoms with Crippen LogP contribution in [0.1, 0.15) is 22.7 Å². The van der Waals surface area contributed by atoms with Crippen molar-refractivity contribution in [1.82, 2.24) is 4.90 Å². The van der Waals surface area contributed by atoms with E-state index in [0.29, 0.717) is 23.5 Å². The molecule has 0 aliphatic carbocycles. The molecule has 1 amide bonds. The van der Waals surface area contributed by atoms with E-state index in [0.717, 1.165) is 11.1 Å². The molecule has 2 aromatic carbocycles. The lowest BCUT2D eigenvalue weighted by Gasteiger charge is -2.35. The lowest BCUT2D eigenvalue weighted by molar-refractivity contribution is -0.143. The van der Waals surface area contributed by atoms with Crippen LogP contribution in [-0.2, 0) is 22.6 Å². The Bertz CT molecular complexity index is 819. The van der Waals surface area contributed by atoms with Crippen molar-refractivity contribution in [2.24, 2.45) is 0 Å². The molecular formula is C20H21NO6. The van der Waals surface area contributed by atoms with Gasteiger partial charge in [0.05, 0.1) is 14.2 Å². The van der Waals surface area contributed by atoms with Gasteiger partial charge >= 0.3 is 12.1 Å². The van der Waals surface area contributed by atoms with E-state index >= 15 is 0 Å². The summed E-state index contributed by atoms with van der Waals surface area (Å²) in [6, 6.07) is 11.4. The fraction of sp³-hybridized carbons (Fsp3) is 0.300. The second-order valence-corrected chi connectivity index (χ2v) is 6.13. The van der Waals surface area contributed by atoms with Gasteiger partial charge in [-0.1, -0.05) is 30.3 Å². The molecule has 0 saturated heterocycles. The molecule has 0 radical (unpaired) electrons. The second kappa shape index (κ2) is 7.99. The number of hydrogen-bond acceptors (Lipinski definition) is 5. The summed E-state index contributed by atoms with van der Waals surface area (Å²) in [7, 11) is 2.99. The quantitative estimate of drug-likeness (QED) is 0.870. The van der Waals surface area contributed by atoms with Gasteiger partial charge in [0, 0.05) is 18.2 Å². The van der Waals surface area contributed by atoms with Gasteiger partial charge in [0.2, 0.25) is 0 Å². The minimum absolute atomic E-state index is 0.0785. The van der Waals surface area contributed by atoms with Crippen molar-refractivity contribution in [3.05, 3.63) is 59.2 Å². The Morgan fingerprint density at radius 2 is 1.89 bits per heavy atom. The van der Waals surface area contributed by atoms with Gasteiger partial charge in [0.25, 0.3) is 0 Å². The number of rotatable bonds is 5. The fourth-order valence-electron chi connectivity index (χ4n) is 3.24. The maximum Gasteiger partial charge on any atom is 0.411 e. The number of hydrogen-bond donors (Lipinski definition) is 1. The summed E-state index contributed by atoms with van der Waals surface area (Å²) in [6.45, 7) is 0.309. The van der Waals surface area contributed by atoms with E-state index in [1.54, 1.807) is 12.1 Å². The number of nitrogens with zero attached hydrogens (tertiary/aromatic N) is 1. The molecular weight excluding hydrogens is 350 g/mol. The first-order valence-electron chi connectivity index (χ1n) is 8.50. The van der Waals surface area contributed by atoms with Gasteiger partial charge in [-0.05, 0) is 23.6 Å². The van der Waals surface area contributed by atoms with Crippen LogP contribution in [0.4, 0.5) is 4.79 Å². The number of methoxy groups -OCH3 is 2. The van der Waals surface area contributed by atoms with E-state index in [9.17, 15) is 14.7 Å². The molecule has 1 unspecified atom stereocenters. The van der Waals surface area contributed by atoms with Crippen LogP contribution in [0.15, 0.2) is 42.5 Å². The molecule has 0 aromatic heterocycles. The average Bonchev–Trinajstić information content (AvgIpc) is 2.70. The number of carboxylic acid groups (broad SMARTS) is 1. The summed E-state index contributed by atoms with van der Waals surface area (Å²) in [6.07, 6.45) is -0.192. The Kier molecular flexibility index (Phi) is 5.49. The number of fused-ring (bicyclic) bond motifs is 1. The molecule has 3 rings (SSSR count). The topological polar surface area (TPSA) is 85.3 Å². The molecule has 1 heterocycles. The van der Waals surface area contributed by atoms with Gasteiger partial charge in [-0.2, -0.15) is 0 Å². The van der Waals surface area contributed by atoms with Gasteiger partial charge in [0.15, 0.2) is 6.04 Å². The van der Waals surface area contributed by atoms with E-state index < -0.39 is 18.1 Å². The normalized spacial score (nSPS) is 15.6. The van der Waals surface area contributed by atoms with Crippen LogP contribution in [0, 0.1) is 0 Å². The highest BCUT2D eigenvalue weighted by molar-refractivity contribution is 5.84. The summed E-state index contributed by atoms with van der Waals surface area (Å²) in [4.78, 5) is 25.8. The number of carbonyl (C=O) groups is 2. The number of benzene rings is 2. The molecule has 142 valence electrons.